The highest BCUT2D eigenvalue weighted by Crippen LogP contribution is 2.34. The monoisotopic (exact) mass is 306 g/mol. The summed E-state index contributed by atoms with van der Waals surface area (Å²) in [6.45, 7) is 8.10. The first-order valence-corrected chi connectivity index (χ1v) is 7.08. The van der Waals surface area contributed by atoms with Crippen LogP contribution in [0.5, 0.6) is 0 Å². The maximum Gasteiger partial charge on any atom is 0.360 e. The summed E-state index contributed by atoms with van der Waals surface area (Å²) >= 11 is 6.39. The van der Waals surface area contributed by atoms with E-state index in [0.29, 0.717) is 5.02 Å². The minimum Gasteiger partial charge on any atom is -0.464 e. The van der Waals surface area contributed by atoms with Crippen LogP contribution in [0.25, 0.3) is 5.69 Å². The van der Waals surface area contributed by atoms with Crippen LogP contribution in [-0.4, -0.2) is 22.9 Å². The van der Waals surface area contributed by atoms with Gasteiger partial charge in [-0.25, -0.2) is 9.48 Å². The molecule has 21 heavy (non-hydrogen) atoms. The summed E-state index contributed by atoms with van der Waals surface area (Å²) in [7, 11) is 1.32. The molecule has 0 spiro atoms. The van der Waals surface area contributed by atoms with E-state index in [9.17, 15) is 4.79 Å². The molecule has 2 rings (SSSR count). The SMILES string of the molecule is COC(=O)c1nn(-c2cccc(C)c2)c(C(C)(C)C)c1Cl. The van der Waals surface area contributed by atoms with Gasteiger partial charge in [-0.2, -0.15) is 5.10 Å². The van der Waals surface area contributed by atoms with Crippen molar-refractivity contribution in [3.63, 3.8) is 0 Å². The number of halogens is 1. The van der Waals surface area contributed by atoms with Crippen molar-refractivity contribution in [1.29, 1.82) is 0 Å². The Kier molecular flexibility index (Phi) is 4.10. The van der Waals surface area contributed by atoms with Gasteiger partial charge in [0.15, 0.2) is 5.69 Å². The average Bonchev–Trinajstić information content (AvgIpc) is 2.75. The lowest BCUT2D eigenvalue weighted by atomic mass is 9.91. The van der Waals surface area contributed by atoms with Crippen LogP contribution in [-0.2, 0) is 10.2 Å². The number of carbonyl (C=O) groups excluding carboxylic acids is 1. The van der Waals surface area contributed by atoms with E-state index >= 15 is 0 Å². The van der Waals surface area contributed by atoms with Crippen LogP contribution in [0.4, 0.5) is 0 Å². The molecule has 0 saturated carbocycles. The molecule has 2 aromatic rings. The molecule has 5 heteroatoms. The van der Waals surface area contributed by atoms with E-state index in [1.165, 1.54) is 7.11 Å². The van der Waals surface area contributed by atoms with Crippen LogP contribution in [0.1, 0.15) is 42.5 Å². The molecule has 0 atom stereocenters. The molecule has 0 N–H and O–H groups in total. The Bertz CT molecular complexity index is 684. The Morgan fingerprint density at radius 1 is 1.33 bits per heavy atom. The summed E-state index contributed by atoms with van der Waals surface area (Å²) in [6, 6.07) is 7.89. The number of ether oxygens (including phenoxy) is 1. The number of nitrogens with zero attached hydrogens (tertiary/aromatic N) is 2. The number of rotatable bonds is 2. The molecule has 1 aromatic carbocycles. The van der Waals surface area contributed by atoms with Gasteiger partial charge in [-0.1, -0.05) is 44.5 Å². The van der Waals surface area contributed by atoms with Crippen LogP contribution in [0, 0.1) is 6.92 Å². The maximum atomic E-state index is 11.8. The third kappa shape index (κ3) is 2.95. The second kappa shape index (κ2) is 5.53. The predicted molar refractivity (Wildman–Crippen MR) is 83.4 cm³/mol. The summed E-state index contributed by atoms with van der Waals surface area (Å²) in [5.41, 5.74) is 2.65. The van der Waals surface area contributed by atoms with E-state index < -0.39 is 5.97 Å². The highest BCUT2D eigenvalue weighted by atomic mass is 35.5. The highest BCUT2D eigenvalue weighted by Gasteiger charge is 2.30. The largest absolute Gasteiger partial charge is 0.464 e. The summed E-state index contributed by atoms with van der Waals surface area (Å²) in [5, 5.41) is 4.71. The fraction of sp³-hybridized carbons (Fsp3) is 0.375. The number of hydrogen-bond acceptors (Lipinski definition) is 3. The first-order chi connectivity index (χ1) is 9.75. The smallest absolute Gasteiger partial charge is 0.360 e. The summed E-state index contributed by atoms with van der Waals surface area (Å²) < 4.78 is 6.48. The lowest BCUT2D eigenvalue weighted by Gasteiger charge is -2.21. The molecule has 0 radical (unpaired) electrons. The molecular weight excluding hydrogens is 288 g/mol. The number of hydrogen-bond donors (Lipinski definition) is 0. The maximum absolute atomic E-state index is 11.8. The van der Waals surface area contributed by atoms with Gasteiger partial charge in [-0.3, -0.25) is 0 Å². The molecule has 0 saturated heterocycles. The summed E-state index contributed by atoms with van der Waals surface area (Å²) in [5.74, 6) is -0.531. The molecule has 0 amide bonds. The Morgan fingerprint density at radius 2 is 2.00 bits per heavy atom. The number of methoxy groups -OCH3 is 1. The van der Waals surface area contributed by atoms with E-state index in [4.69, 9.17) is 16.3 Å². The number of aromatic nitrogens is 2. The molecule has 0 aliphatic carbocycles. The number of esters is 1. The second-order valence-electron chi connectivity index (χ2n) is 6.00. The molecule has 0 fully saturated rings. The highest BCUT2D eigenvalue weighted by molar-refractivity contribution is 6.34. The van der Waals surface area contributed by atoms with Gasteiger partial charge >= 0.3 is 5.97 Å². The third-order valence-corrected chi connectivity index (χ3v) is 3.52. The van der Waals surface area contributed by atoms with Crippen LogP contribution in [0.15, 0.2) is 24.3 Å². The van der Waals surface area contributed by atoms with Gasteiger partial charge in [0, 0.05) is 5.41 Å². The molecule has 112 valence electrons. The normalized spacial score (nSPS) is 11.5. The van der Waals surface area contributed by atoms with Crippen LogP contribution in [0.3, 0.4) is 0 Å². The van der Waals surface area contributed by atoms with Crippen molar-refractivity contribution in [3.8, 4) is 5.69 Å². The van der Waals surface area contributed by atoms with Crippen molar-refractivity contribution in [2.45, 2.75) is 33.1 Å². The number of aryl methyl sites for hydroxylation is 1. The zero-order chi connectivity index (χ0) is 15.8. The quantitative estimate of drug-likeness (QED) is 0.790. The fourth-order valence-electron chi connectivity index (χ4n) is 2.22. The first kappa shape index (κ1) is 15.6. The van der Waals surface area contributed by atoms with Crippen LogP contribution < -0.4 is 0 Å². The molecule has 0 aliphatic rings. The minimum absolute atomic E-state index is 0.144. The molecule has 0 bridgehead atoms. The molecule has 0 unspecified atom stereocenters. The fourth-order valence-corrected chi connectivity index (χ4v) is 2.70. The van der Waals surface area contributed by atoms with Crippen molar-refractivity contribution >= 4 is 17.6 Å². The van der Waals surface area contributed by atoms with Gasteiger partial charge in [-0.05, 0) is 24.6 Å². The summed E-state index contributed by atoms with van der Waals surface area (Å²) in [6.07, 6.45) is 0. The lowest BCUT2D eigenvalue weighted by Crippen LogP contribution is -2.18. The molecule has 1 heterocycles. The van der Waals surface area contributed by atoms with Crippen molar-refractivity contribution in [1.82, 2.24) is 9.78 Å². The number of carbonyl (C=O) groups is 1. The van der Waals surface area contributed by atoms with Crippen molar-refractivity contribution in [2.24, 2.45) is 0 Å². The second-order valence-corrected chi connectivity index (χ2v) is 6.38. The van der Waals surface area contributed by atoms with Gasteiger partial charge in [0.2, 0.25) is 0 Å². The van der Waals surface area contributed by atoms with Gasteiger partial charge in [-0.15, -0.1) is 0 Å². The molecule has 0 aliphatic heterocycles. The Labute approximate surface area is 129 Å². The van der Waals surface area contributed by atoms with Crippen molar-refractivity contribution in [2.75, 3.05) is 7.11 Å². The minimum atomic E-state index is -0.531. The Balaban J connectivity index is 2.73. The van der Waals surface area contributed by atoms with E-state index in [-0.39, 0.29) is 11.1 Å². The Morgan fingerprint density at radius 3 is 2.52 bits per heavy atom. The van der Waals surface area contributed by atoms with Crippen molar-refractivity contribution in [3.05, 3.63) is 46.2 Å². The average molecular weight is 307 g/mol. The first-order valence-electron chi connectivity index (χ1n) is 6.70. The third-order valence-electron chi connectivity index (χ3n) is 3.16. The Hall–Kier alpha value is -1.81. The van der Waals surface area contributed by atoms with Crippen LogP contribution in [0.2, 0.25) is 5.02 Å². The standard InChI is InChI=1S/C16H19ClN2O2/c1-10-7-6-8-11(9-10)19-14(16(2,3)4)12(17)13(18-19)15(20)21-5/h6-9H,1-5H3. The zero-order valence-corrected chi connectivity index (χ0v) is 13.7. The van der Waals surface area contributed by atoms with E-state index in [1.807, 2.05) is 52.0 Å². The van der Waals surface area contributed by atoms with E-state index in [1.54, 1.807) is 4.68 Å². The zero-order valence-electron chi connectivity index (χ0n) is 12.9. The number of benzene rings is 1. The van der Waals surface area contributed by atoms with Gasteiger partial charge in [0.05, 0.1) is 23.5 Å². The molecular formula is C16H19ClN2O2. The van der Waals surface area contributed by atoms with E-state index in [2.05, 4.69) is 5.10 Å². The summed E-state index contributed by atoms with van der Waals surface area (Å²) in [4.78, 5) is 11.8. The molecule has 4 nitrogen and oxygen atoms in total. The predicted octanol–water partition coefficient (Wildman–Crippen LogP) is 3.92. The van der Waals surface area contributed by atoms with Crippen LogP contribution >= 0.6 is 11.6 Å². The lowest BCUT2D eigenvalue weighted by molar-refractivity contribution is 0.0593. The molecule has 1 aromatic heterocycles. The van der Waals surface area contributed by atoms with Crippen molar-refractivity contribution < 1.29 is 9.53 Å². The van der Waals surface area contributed by atoms with E-state index in [0.717, 1.165) is 16.9 Å². The van der Waals surface area contributed by atoms with Gasteiger partial charge in [0.1, 0.15) is 0 Å². The van der Waals surface area contributed by atoms with Gasteiger partial charge < -0.3 is 4.74 Å². The topological polar surface area (TPSA) is 44.1 Å². The van der Waals surface area contributed by atoms with Gasteiger partial charge in [0.25, 0.3) is 0 Å².